The molecule has 2 rings (SSSR count). The lowest BCUT2D eigenvalue weighted by molar-refractivity contribution is 0.0941. The first-order chi connectivity index (χ1) is 10.4. The molecule has 1 heterocycles. The third-order valence-electron chi connectivity index (χ3n) is 3.67. The predicted octanol–water partition coefficient (Wildman–Crippen LogP) is 2.54. The smallest absolute Gasteiger partial charge is 0.255 e. The number of amides is 1. The zero-order valence-electron chi connectivity index (χ0n) is 12.9. The topological polar surface area (TPSA) is 67.2 Å². The minimum Gasteiger partial charge on any atom is -0.388 e. The molecule has 1 atom stereocenters. The van der Waals surface area contributed by atoms with E-state index < -0.39 is 6.10 Å². The highest BCUT2D eigenvalue weighted by molar-refractivity contribution is 6.30. The summed E-state index contributed by atoms with van der Waals surface area (Å²) in [6.45, 7) is 4.04. The van der Waals surface area contributed by atoms with Gasteiger partial charge in [-0.25, -0.2) is 0 Å². The van der Waals surface area contributed by atoms with Crippen LogP contribution in [0.25, 0.3) is 0 Å². The zero-order valence-corrected chi connectivity index (χ0v) is 13.7. The normalized spacial score (nSPS) is 12.2. The van der Waals surface area contributed by atoms with Gasteiger partial charge in [-0.2, -0.15) is 5.10 Å². The van der Waals surface area contributed by atoms with Gasteiger partial charge in [0.15, 0.2) is 0 Å². The molecule has 0 saturated carbocycles. The van der Waals surface area contributed by atoms with Gasteiger partial charge in [-0.3, -0.25) is 9.48 Å². The maximum Gasteiger partial charge on any atom is 0.255 e. The standard InChI is InChI=1S/C16H20ClN3O2/c1-10-15(11(2)20(3)19-10)16(22)18-8-7-14(21)12-5-4-6-13(17)9-12/h4-6,9,14,21H,7-8H2,1-3H3,(H,18,22)/t14-/m0/s1. The van der Waals surface area contributed by atoms with Crippen molar-refractivity contribution in [1.82, 2.24) is 15.1 Å². The summed E-state index contributed by atoms with van der Waals surface area (Å²) in [5.41, 5.74) is 2.87. The summed E-state index contributed by atoms with van der Waals surface area (Å²) >= 11 is 5.90. The SMILES string of the molecule is Cc1nn(C)c(C)c1C(=O)NCC[C@H](O)c1cccc(Cl)c1. The molecule has 0 spiro atoms. The van der Waals surface area contributed by atoms with E-state index in [1.54, 1.807) is 22.9 Å². The molecule has 22 heavy (non-hydrogen) atoms. The van der Waals surface area contributed by atoms with Crippen LogP contribution in [0.4, 0.5) is 0 Å². The molecule has 0 bridgehead atoms. The van der Waals surface area contributed by atoms with Gasteiger partial charge in [0.05, 0.1) is 17.4 Å². The molecule has 0 aliphatic heterocycles. The highest BCUT2D eigenvalue weighted by atomic mass is 35.5. The van der Waals surface area contributed by atoms with Crippen LogP contribution in [0.3, 0.4) is 0 Å². The third kappa shape index (κ3) is 3.67. The van der Waals surface area contributed by atoms with Gasteiger partial charge in [0.25, 0.3) is 5.91 Å². The van der Waals surface area contributed by atoms with Crippen LogP contribution in [-0.2, 0) is 7.05 Å². The van der Waals surface area contributed by atoms with Crippen LogP contribution in [-0.4, -0.2) is 27.3 Å². The average Bonchev–Trinajstić information content (AvgIpc) is 2.72. The molecule has 2 N–H and O–H groups in total. The first-order valence-electron chi connectivity index (χ1n) is 7.12. The van der Waals surface area contributed by atoms with Gasteiger partial charge in [-0.15, -0.1) is 0 Å². The molecule has 0 fully saturated rings. The average molecular weight is 322 g/mol. The molecule has 2 aromatic rings. The Morgan fingerprint density at radius 2 is 2.18 bits per heavy atom. The maximum absolute atomic E-state index is 12.2. The quantitative estimate of drug-likeness (QED) is 0.889. The van der Waals surface area contributed by atoms with Crippen LogP contribution in [0.2, 0.25) is 5.02 Å². The second-order valence-corrected chi connectivity index (χ2v) is 5.72. The molecule has 1 aromatic heterocycles. The fourth-order valence-electron chi connectivity index (χ4n) is 2.39. The van der Waals surface area contributed by atoms with E-state index in [0.29, 0.717) is 29.2 Å². The van der Waals surface area contributed by atoms with Crippen LogP contribution < -0.4 is 5.32 Å². The summed E-state index contributed by atoms with van der Waals surface area (Å²) in [6.07, 6.45) is -0.236. The number of benzene rings is 1. The molecule has 6 heteroatoms. The molecule has 0 saturated heterocycles. The van der Waals surface area contributed by atoms with Gasteiger partial charge >= 0.3 is 0 Å². The van der Waals surface area contributed by atoms with Crippen molar-refractivity contribution < 1.29 is 9.90 Å². The Bertz CT molecular complexity index is 682. The van der Waals surface area contributed by atoms with Crippen molar-refractivity contribution in [3.8, 4) is 0 Å². The van der Waals surface area contributed by atoms with Crippen molar-refractivity contribution in [3.05, 3.63) is 51.8 Å². The minimum atomic E-state index is -0.657. The van der Waals surface area contributed by atoms with Crippen LogP contribution in [0.1, 0.15) is 39.8 Å². The molecule has 0 unspecified atom stereocenters. The lowest BCUT2D eigenvalue weighted by Crippen LogP contribution is -2.26. The number of nitrogens with zero attached hydrogens (tertiary/aromatic N) is 2. The monoisotopic (exact) mass is 321 g/mol. The van der Waals surface area contributed by atoms with E-state index in [1.165, 1.54) is 0 Å². The largest absolute Gasteiger partial charge is 0.388 e. The Hall–Kier alpha value is -1.85. The second kappa shape index (κ2) is 6.94. The van der Waals surface area contributed by atoms with Crippen molar-refractivity contribution in [2.45, 2.75) is 26.4 Å². The first-order valence-corrected chi connectivity index (χ1v) is 7.50. The van der Waals surface area contributed by atoms with E-state index in [2.05, 4.69) is 10.4 Å². The molecule has 0 aliphatic rings. The van der Waals surface area contributed by atoms with Crippen molar-refractivity contribution >= 4 is 17.5 Å². The highest BCUT2D eigenvalue weighted by Crippen LogP contribution is 2.20. The van der Waals surface area contributed by atoms with Crippen molar-refractivity contribution in [2.24, 2.45) is 7.05 Å². The Balaban J connectivity index is 1.92. The maximum atomic E-state index is 12.2. The molecule has 118 valence electrons. The summed E-state index contributed by atoms with van der Waals surface area (Å²) in [4.78, 5) is 12.2. The van der Waals surface area contributed by atoms with Gasteiger partial charge in [0.2, 0.25) is 0 Å². The summed E-state index contributed by atoms with van der Waals surface area (Å²) in [7, 11) is 1.81. The molecular formula is C16H20ClN3O2. The van der Waals surface area contributed by atoms with Crippen LogP contribution in [0.5, 0.6) is 0 Å². The fraction of sp³-hybridized carbons (Fsp3) is 0.375. The summed E-state index contributed by atoms with van der Waals surface area (Å²) in [5, 5.41) is 17.7. The van der Waals surface area contributed by atoms with E-state index in [-0.39, 0.29) is 5.91 Å². The number of carbonyl (C=O) groups excluding carboxylic acids is 1. The van der Waals surface area contributed by atoms with Crippen LogP contribution >= 0.6 is 11.6 Å². The van der Waals surface area contributed by atoms with E-state index >= 15 is 0 Å². The Morgan fingerprint density at radius 3 is 2.77 bits per heavy atom. The first kappa shape index (κ1) is 16.5. The third-order valence-corrected chi connectivity index (χ3v) is 3.91. The van der Waals surface area contributed by atoms with Gasteiger partial charge in [-0.1, -0.05) is 23.7 Å². The fourth-order valence-corrected chi connectivity index (χ4v) is 2.59. The van der Waals surface area contributed by atoms with Gasteiger partial charge in [0.1, 0.15) is 0 Å². The Morgan fingerprint density at radius 1 is 1.45 bits per heavy atom. The number of rotatable bonds is 5. The molecular weight excluding hydrogens is 302 g/mol. The zero-order chi connectivity index (χ0) is 16.3. The van der Waals surface area contributed by atoms with Crippen molar-refractivity contribution in [3.63, 3.8) is 0 Å². The lowest BCUT2D eigenvalue weighted by atomic mass is 10.1. The summed E-state index contributed by atoms with van der Waals surface area (Å²) < 4.78 is 1.69. The van der Waals surface area contributed by atoms with Crippen LogP contribution in [0.15, 0.2) is 24.3 Å². The van der Waals surface area contributed by atoms with E-state index in [9.17, 15) is 9.90 Å². The molecule has 5 nitrogen and oxygen atoms in total. The summed E-state index contributed by atoms with van der Waals surface area (Å²) in [6, 6.07) is 7.09. The number of aliphatic hydroxyl groups is 1. The second-order valence-electron chi connectivity index (χ2n) is 5.28. The molecule has 0 radical (unpaired) electrons. The molecule has 1 aromatic carbocycles. The van der Waals surface area contributed by atoms with E-state index in [4.69, 9.17) is 11.6 Å². The molecule has 0 aliphatic carbocycles. The number of aromatic nitrogens is 2. The van der Waals surface area contributed by atoms with E-state index in [1.807, 2.05) is 27.0 Å². The number of aliphatic hydroxyl groups excluding tert-OH is 1. The van der Waals surface area contributed by atoms with Gasteiger partial charge in [-0.05, 0) is 38.0 Å². The lowest BCUT2D eigenvalue weighted by Gasteiger charge is -2.12. The predicted molar refractivity (Wildman–Crippen MR) is 86.0 cm³/mol. The van der Waals surface area contributed by atoms with E-state index in [0.717, 1.165) is 11.3 Å². The Kier molecular flexibility index (Phi) is 5.21. The van der Waals surface area contributed by atoms with Crippen LogP contribution in [0, 0.1) is 13.8 Å². The van der Waals surface area contributed by atoms with Crippen molar-refractivity contribution in [1.29, 1.82) is 0 Å². The number of halogens is 1. The van der Waals surface area contributed by atoms with Gasteiger partial charge in [0, 0.05) is 24.3 Å². The number of hydrogen-bond acceptors (Lipinski definition) is 3. The van der Waals surface area contributed by atoms with Gasteiger partial charge < -0.3 is 10.4 Å². The summed E-state index contributed by atoms with van der Waals surface area (Å²) in [5.74, 6) is -0.165. The number of carbonyl (C=O) groups is 1. The Labute approximate surface area is 134 Å². The molecule has 1 amide bonds. The number of nitrogens with one attached hydrogen (secondary N) is 1. The number of aryl methyl sites for hydroxylation is 2. The number of hydrogen-bond donors (Lipinski definition) is 2. The minimum absolute atomic E-state index is 0.165. The highest BCUT2D eigenvalue weighted by Gasteiger charge is 2.17. The van der Waals surface area contributed by atoms with Crippen molar-refractivity contribution in [2.75, 3.05) is 6.54 Å².